The van der Waals surface area contributed by atoms with Crippen LogP contribution in [0.3, 0.4) is 0 Å². The molecule has 1 aliphatic rings. The number of carboxylic acids is 1. The molecule has 24 heavy (non-hydrogen) atoms. The van der Waals surface area contributed by atoms with Crippen LogP contribution in [0.5, 0.6) is 0 Å². The normalized spacial score (nSPS) is 21.5. The van der Waals surface area contributed by atoms with Crippen molar-refractivity contribution >= 4 is 21.7 Å². The predicted molar refractivity (Wildman–Crippen MR) is 89.6 cm³/mol. The van der Waals surface area contributed by atoms with E-state index >= 15 is 0 Å². The number of carbonyl (C=O) groups is 2. The number of nitrogens with zero attached hydrogens (tertiary/aromatic N) is 1. The molecule has 0 saturated carbocycles. The molecular weight excluding hydrogens is 330 g/mol. The van der Waals surface area contributed by atoms with E-state index in [-0.39, 0.29) is 28.0 Å². The van der Waals surface area contributed by atoms with Crippen LogP contribution < -0.4 is 0 Å². The fraction of sp³-hybridized carbons (Fsp3) is 0.529. The van der Waals surface area contributed by atoms with Gasteiger partial charge in [0, 0.05) is 13.1 Å². The number of amides is 1. The number of aliphatic carboxylic acids is 1. The topological polar surface area (TPSA) is 91.8 Å². The van der Waals surface area contributed by atoms with Crippen LogP contribution in [0.2, 0.25) is 0 Å². The third kappa shape index (κ3) is 3.77. The van der Waals surface area contributed by atoms with Crippen molar-refractivity contribution in [3.8, 4) is 0 Å². The summed E-state index contributed by atoms with van der Waals surface area (Å²) in [6, 6.07) is 6.24. The van der Waals surface area contributed by atoms with E-state index in [9.17, 15) is 23.1 Å². The Hall–Kier alpha value is -1.89. The van der Waals surface area contributed by atoms with E-state index in [0.717, 1.165) is 0 Å². The van der Waals surface area contributed by atoms with Crippen molar-refractivity contribution in [2.75, 3.05) is 18.8 Å². The maximum atomic E-state index is 12.8. The quantitative estimate of drug-likeness (QED) is 0.875. The average molecular weight is 353 g/mol. The highest BCUT2D eigenvalue weighted by Gasteiger charge is 2.34. The zero-order valence-corrected chi connectivity index (χ0v) is 14.8. The second kappa shape index (κ2) is 7.34. The van der Waals surface area contributed by atoms with Gasteiger partial charge in [-0.2, -0.15) is 0 Å². The highest BCUT2D eigenvalue weighted by molar-refractivity contribution is 7.91. The Morgan fingerprint density at radius 2 is 1.96 bits per heavy atom. The largest absolute Gasteiger partial charge is 0.481 e. The van der Waals surface area contributed by atoms with Crippen molar-refractivity contribution in [2.45, 2.75) is 31.6 Å². The molecule has 1 amide bonds. The van der Waals surface area contributed by atoms with Gasteiger partial charge in [-0.3, -0.25) is 9.59 Å². The minimum Gasteiger partial charge on any atom is -0.481 e. The van der Waals surface area contributed by atoms with E-state index in [1.807, 2.05) is 0 Å². The first kappa shape index (κ1) is 18.4. The number of hydrogen-bond acceptors (Lipinski definition) is 4. The highest BCUT2D eigenvalue weighted by atomic mass is 32.2. The van der Waals surface area contributed by atoms with E-state index in [2.05, 4.69) is 0 Å². The summed E-state index contributed by atoms with van der Waals surface area (Å²) in [5.41, 5.74) is 0.173. The van der Waals surface area contributed by atoms with Crippen LogP contribution in [0.1, 0.15) is 37.0 Å². The van der Waals surface area contributed by atoms with Gasteiger partial charge >= 0.3 is 5.97 Å². The molecule has 1 heterocycles. The van der Waals surface area contributed by atoms with Gasteiger partial charge in [0.2, 0.25) is 0 Å². The first-order valence-electron chi connectivity index (χ1n) is 8.11. The SMILES string of the molecule is CCCS(=O)(=O)c1ccccc1C(=O)N1CCC(C(=O)O)C(C)C1. The van der Waals surface area contributed by atoms with Gasteiger partial charge in [0.25, 0.3) is 5.91 Å². The van der Waals surface area contributed by atoms with Gasteiger partial charge in [0.1, 0.15) is 0 Å². The molecule has 7 heteroatoms. The number of sulfone groups is 1. The number of likely N-dealkylation sites (tertiary alicyclic amines) is 1. The third-order valence-corrected chi connectivity index (χ3v) is 6.41. The van der Waals surface area contributed by atoms with E-state index in [1.165, 1.54) is 12.1 Å². The molecule has 2 rings (SSSR count). The molecule has 0 radical (unpaired) electrons. The van der Waals surface area contributed by atoms with Gasteiger partial charge in [0.05, 0.1) is 22.1 Å². The monoisotopic (exact) mass is 353 g/mol. The molecule has 0 aromatic heterocycles. The van der Waals surface area contributed by atoms with Gasteiger partial charge in [0.15, 0.2) is 9.84 Å². The van der Waals surface area contributed by atoms with Gasteiger partial charge in [-0.1, -0.05) is 26.0 Å². The fourth-order valence-corrected chi connectivity index (χ4v) is 4.69. The van der Waals surface area contributed by atoms with Crippen LogP contribution >= 0.6 is 0 Å². The first-order valence-corrected chi connectivity index (χ1v) is 9.77. The molecule has 2 atom stereocenters. The number of piperidine rings is 1. The number of carbonyl (C=O) groups excluding carboxylic acids is 1. The zero-order chi connectivity index (χ0) is 17.9. The van der Waals surface area contributed by atoms with Crippen molar-refractivity contribution in [2.24, 2.45) is 11.8 Å². The molecule has 0 bridgehead atoms. The molecule has 2 unspecified atom stereocenters. The maximum Gasteiger partial charge on any atom is 0.306 e. The highest BCUT2D eigenvalue weighted by Crippen LogP contribution is 2.26. The van der Waals surface area contributed by atoms with Crippen LogP contribution in [0, 0.1) is 11.8 Å². The molecule has 6 nitrogen and oxygen atoms in total. The summed E-state index contributed by atoms with van der Waals surface area (Å²) in [6.07, 6.45) is 0.859. The molecule has 0 spiro atoms. The summed E-state index contributed by atoms with van der Waals surface area (Å²) < 4.78 is 24.8. The van der Waals surface area contributed by atoms with Crippen molar-refractivity contribution in [3.05, 3.63) is 29.8 Å². The Morgan fingerprint density at radius 3 is 2.54 bits per heavy atom. The molecule has 132 valence electrons. The predicted octanol–water partition coefficient (Wildman–Crippen LogP) is 2.05. The second-order valence-corrected chi connectivity index (χ2v) is 8.35. The third-order valence-electron chi connectivity index (χ3n) is 4.44. The van der Waals surface area contributed by atoms with Gasteiger partial charge < -0.3 is 10.0 Å². The Morgan fingerprint density at radius 1 is 1.29 bits per heavy atom. The number of hydrogen-bond donors (Lipinski definition) is 1. The maximum absolute atomic E-state index is 12.8. The molecule has 1 fully saturated rings. The molecule has 1 aromatic rings. The summed E-state index contributed by atoms with van der Waals surface area (Å²) in [7, 11) is -3.50. The van der Waals surface area contributed by atoms with Crippen LogP contribution in [0.25, 0.3) is 0 Å². The van der Waals surface area contributed by atoms with Crippen molar-refractivity contribution in [1.82, 2.24) is 4.90 Å². The van der Waals surface area contributed by atoms with Crippen LogP contribution in [-0.4, -0.2) is 49.1 Å². The Labute approximate surface area is 142 Å². The lowest BCUT2D eigenvalue weighted by Gasteiger charge is -2.35. The Bertz CT molecular complexity index is 728. The lowest BCUT2D eigenvalue weighted by atomic mass is 9.87. The van der Waals surface area contributed by atoms with Crippen LogP contribution in [0.15, 0.2) is 29.2 Å². The number of rotatable bonds is 5. The van der Waals surface area contributed by atoms with Crippen LogP contribution in [0.4, 0.5) is 0 Å². The van der Waals surface area contributed by atoms with E-state index in [0.29, 0.717) is 25.9 Å². The summed E-state index contributed by atoms with van der Waals surface area (Å²) in [6.45, 7) is 4.22. The van der Waals surface area contributed by atoms with Gasteiger partial charge in [-0.05, 0) is 30.9 Å². The summed E-state index contributed by atoms with van der Waals surface area (Å²) in [5.74, 6) is -1.83. The second-order valence-electron chi connectivity index (χ2n) is 6.28. The lowest BCUT2D eigenvalue weighted by molar-refractivity contribution is -0.145. The Kier molecular flexibility index (Phi) is 5.64. The molecule has 1 N–H and O–H groups in total. The van der Waals surface area contributed by atoms with Crippen LogP contribution in [-0.2, 0) is 14.6 Å². The van der Waals surface area contributed by atoms with Gasteiger partial charge in [-0.25, -0.2) is 8.42 Å². The number of benzene rings is 1. The molecular formula is C17H23NO5S. The summed E-state index contributed by atoms with van der Waals surface area (Å²) in [4.78, 5) is 25.6. The minimum absolute atomic E-state index is 0.00517. The smallest absolute Gasteiger partial charge is 0.306 e. The standard InChI is InChI=1S/C17H23NO5S/c1-3-10-24(22,23)15-7-5-4-6-14(15)16(19)18-9-8-13(17(20)21)12(2)11-18/h4-7,12-13H,3,8-11H2,1-2H3,(H,20,21). The molecule has 1 aliphatic heterocycles. The molecule has 1 aromatic carbocycles. The number of carboxylic acid groups (broad SMARTS) is 1. The lowest BCUT2D eigenvalue weighted by Crippen LogP contribution is -2.45. The van der Waals surface area contributed by atoms with E-state index in [4.69, 9.17) is 0 Å². The van der Waals surface area contributed by atoms with E-state index in [1.54, 1.807) is 30.9 Å². The summed E-state index contributed by atoms with van der Waals surface area (Å²) in [5, 5.41) is 9.18. The minimum atomic E-state index is -3.50. The zero-order valence-electron chi connectivity index (χ0n) is 13.9. The first-order chi connectivity index (χ1) is 11.3. The Balaban J connectivity index is 2.27. The van der Waals surface area contributed by atoms with Gasteiger partial charge in [-0.15, -0.1) is 0 Å². The van der Waals surface area contributed by atoms with Crippen molar-refractivity contribution < 1.29 is 23.1 Å². The average Bonchev–Trinajstić information content (AvgIpc) is 2.53. The molecule has 1 saturated heterocycles. The summed E-state index contributed by atoms with van der Waals surface area (Å²) >= 11 is 0. The fourth-order valence-electron chi connectivity index (χ4n) is 3.16. The van der Waals surface area contributed by atoms with Crippen molar-refractivity contribution in [3.63, 3.8) is 0 Å². The van der Waals surface area contributed by atoms with Crippen molar-refractivity contribution in [1.29, 1.82) is 0 Å². The van der Waals surface area contributed by atoms with E-state index < -0.39 is 21.7 Å². The molecule has 0 aliphatic carbocycles.